The number of aromatic nitrogens is 2. The van der Waals surface area contributed by atoms with Gasteiger partial charge in [0, 0.05) is 23.9 Å². The van der Waals surface area contributed by atoms with E-state index >= 15 is 0 Å². The first kappa shape index (κ1) is 17.2. The summed E-state index contributed by atoms with van der Waals surface area (Å²) < 4.78 is 16.4. The Morgan fingerprint density at radius 1 is 1.28 bits per heavy atom. The Balaban J connectivity index is 1.66. The summed E-state index contributed by atoms with van der Waals surface area (Å²) in [5.41, 5.74) is 0.408. The highest BCUT2D eigenvalue weighted by molar-refractivity contribution is 6.05. The first-order valence-electron chi connectivity index (χ1n) is 8.15. The number of pyridine rings is 2. The standard InChI is InChI=1S/C18H21N3O4/c1-3-24-17-14(5-4-7-20-17)16(22)21-15-9-13(6-8-19-15)25-12-18(2)10-23-11-18/h4-9H,3,10-12H2,1-2H3,(H,19,21,22). The maximum atomic E-state index is 12.5. The van der Waals surface area contributed by atoms with Gasteiger partial charge in [-0.1, -0.05) is 6.92 Å². The molecule has 2 aromatic heterocycles. The maximum absolute atomic E-state index is 12.5. The lowest BCUT2D eigenvalue weighted by Crippen LogP contribution is -2.44. The molecule has 1 fully saturated rings. The first-order chi connectivity index (χ1) is 12.1. The third-order valence-electron chi connectivity index (χ3n) is 3.76. The van der Waals surface area contributed by atoms with Crippen LogP contribution < -0.4 is 14.8 Å². The van der Waals surface area contributed by atoms with Crippen molar-refractivity contribution in [3.05, 3.63) is 42.2 Å². The van der Waals surface area contributed by atoms with Crippen LogP contribution in [0.25, 0.3) is 0 Å². The van der Waals surface area contributed by atoms with Crippen LogP contribution >= 0.6 is 0 Å². The summed E-state index contributed by atoms with van der Waals surface area (Å²) in [7, 11) is 0. The summed E-state index contributed by atoms with van der Waals surface area (Å²) in [6, 6.07) is 6.79. The number of hydrogen-bond donors (Lipinski definition) is 1. The lowest BCUT2D eigenvalue weighted by Gasteiger charge is -2.37. The summed E-state index contributed by atoms with van der Waals surface area (Å²) in [6.07, 6.45) is 3.18. The van der Waals surface area contributed by atoms with E-state index in [1.54, 1.807) is 36.7 Å². The van der Waals surface area contributed by atoms with Gasteiger partial charge in [0.05, 0.1) is 26.4 Å². The molecule has 7 nitrogen and oxygen atoms in total. The molecule has 2 aromatic rings. The van der Waals surface area contributed by atoms with Gasteiger partial charge >= 0.3 is 0 Å². The highest BCUT2D eigenvalue weighted by atomic mass is 16.5. The van der Waals surface area contributed by atoms with E-state index in [-0.39, 0.29) is 11.3 Å². The normalized spacial score (nSPS) is 15.1. The molecule has 0 spiro atoms. The van der Waals surface area contributed by atoms with E-state index in [2.05, 4.69) is 22.2 Å². The van der Waals surface area contributed by atoms with Crippen LogP contribution in [-0.2, 0) is 4.74 Å². The number of ether oxygens (including phenoxy) is 3. The van der Waals surface area contributed by atoms with Crippen LogP contribution in [0.5, 0.6) is 11.6 Å². The van der Waals surface area contributed by atoms with Crippen LogP contribution in [0, 0.1) is 5.41 Å². The predicted molar refractivity (Wildman–Crippen MR) is 92.0 cm³/mol. The average Bonchev–Trinajstić information content (AvgIpc) is 2.59. The lowest BCUT2D eigenvalue weighted by atomic mass is 9.90. The van der Waals surface area contributed by atoms with E-state index in [1.165, 1.54) is 0 Å². The van der Waals surface area contributed by atoms with Gasteiger partial charge in [0.15, 0.2) is 0 Å². The lowest BCUT2D eigenvalue weighted by molar-refractivity contribution is -0.120. The van der Waals surface area contributed by atoms with E-state index < -0.39 is 0 Å². The summed E-state index contributed by atoms with van der Waals surface area (Å²) in [6.45, 7) is 6.33. The fourth-order valence-corrected chi connectivity index (χ4v) is 2.36. The highest BCUT2D eigenvalue weighted by Gasteiger charge is 2.34. The average molecular weight is 343 g/mol. The SMILES string of the molecule is CCOc1ncccc1C(=O)Nc1cc(OCC2(C)COC2)ccn1. The Labute approximate surface area is 146 Å². The highest BCUT2D eigenvalue weighted by Crippen LogP contribution is 2.28. The third-order valence-corrected chi connectivity index (χ3v) is 3.76. The minimum atomic E-state index is -0.333. The van der Waals surface area contributed by atoms with Crippen LogP contribution in [-0.4, -0.2) is 42.3 Å². The molecule has 0 aromatic carbocycles. The summed E-state index contributed by atoms with van der Waals surface area (Å²) >= 11 is 0. The smallest absolute Gasteiger partial charge is 0.262 e. The van der Waals surface area contributed by atoms with Crippen molar-refractivity contribution in [3.63, 3.8) is 0 Å². The number of rotatable bonds is 7. The molecule has 1 amide bonds. The molecule has 132 valence electrons. The molecular weight excluding hydrogens is 322 g/mol. The van der Waals surface area contributed by atoms with Crippen LogP contribution in [0.3, 0.4) is 0 Å². The zero-order chi connectivity index (χ0) is 17.7. The van der Waals surface area contributed by atoms with Gasteiger partial charge in [0.25, 0.3) is 5.91 Å². The van der Waals surface area contributed by atoms with Gasteiger partial charge in [-0.2, -0.15) is 0 Å². The van der Waals surface area contributed by atoms with Crippen molar-refractivity contribution < 1.29 is 19.0 Å². The molecule has 0 atom stereocenters. The van der Waals surface area contributed by atoms with E-state index in [1.807, 2.05) is 6.92 Å². The fourth-order valence-electron chi connectivity index (χ4n) is 2.36. The number of nitrogens with zero attached hydrogens (tertiary/aromatic N) is 2. The molecule has 0 radical (unpaired) electrons. The number of nitrogens with one attached hydrogen (secondary N) is 1. The Morgan fingerprint density at radius 2 is 2.12 bits per heavy atom. The molecule has 1 aliphatic heterocycles. The van der Waals surface area contributed by atoms with Crippen molar-refractivity contribution in [3.8, 4) is 11.6 Å². The number of anilines is 1. The number of hydrogen-bond acceptors (Lipinski definition) is 6. The molecule has 0 aliphatic carbocycles. The zero-order valence-corrected chi connectivity index (χ0v) is 14.3. The van der Waals surface area contributed by atoms with Crippen molar-refractivity contribution in [2.45, 2.75) is 13.8 Å². The largest absolute Gasteiger partial charge is 0.493 e. The molecule has 0 unspecified atom stereocenters. The molecule has 0 bridgehead atoms. The summed E-state index contributed by atoms with van der Waals surface area (Å²) in [5, 5.41) is 2.75. The second kappa shape index (κ2) is 7.48. The van der Waals surface area contributed by atoms with Crippen LogP contribution in [0.4, 0.5) is 5.82 Å². The Kier molecular flexibility index (Phi) is 5.14. The van der Waals surface area contributed by atoms with Gasteiger partial charge in [-0.25, -0.2) is 9.97 Å². The maximum Gasteiger partial charge on any atom is 0.262 e. The second-order valence-electron chi connectivity index (χ2n) is 6.21. The van der Waals surface area contributed by atoms with Gasteiger partial charge in [-0.3, -0.25) is 4.79 Å². The summed E-state index contributed by atoms with van der Waals surface area (Å²) in [4.78, 5) is 20.7. The van der Waals surface area contributed by atoms with E-state index in [9.17, 15) is 4.79 Å². The zero-order valence-electron chi connectivity index (χ0n) is 14.3. The monoisotopic (exact) mass is 343 g/mol. The van der Waals surface area contributed by atoms with Gasteiger partial charge in [-0.15, -0.1) is 0 Å². The van der Waals surface area contributed by atoms with Crippen LogP contribution in [0.2, 0.25) is 0 Å². The van der Waals surface area contributed by atoms with Crippen molar-refractivity contribution in [1.29, 1.82) is 0 Å². The van der Waals surface area contributed by atoms with Gasteiger partial charge < -0.3 is 19.5 Å². The van der Waals surface area contributed by atoms with Crippen molar-refractivity contribution >= 4 is 11.7 Å². The Hall–Kier alpha value is -2.67. The molecule has 3 rings (SSSR count). The summed E-state index contributed by atoms with van der Waals surface area (Å²) in [5.74, 6) is 1.02. The molecule has 1 saturated heterocycles. The minimum Gasteiger partial charge on any atom is -0.493 e. The molecule has 25 heavy (non-hydrogen) atoms. The van der Waals surface area contributed by atoms with E-state index in [4.69, 9.17) is 14.2 Å². The molecule has 7 heteroatoms. The quantitative estimate of drug-likeness (QED) is 0.832. The molecule has 3 heterocycles. The second-order valence-corrected chi connectivity index (χ2v) is 6.21. The van der Waals surface area contributed by atoms with Crippen molar-refractivity contribution in [2.24, 2.45) is 5.41 Å². The third kappa shape index (κ3) is 4.24. The molecule has 1 N–H and O–H groups in total. The molecule has 0 saturated carbocycles. The minimum absolute atomic E-state index is 0.0504. The number of carbonyl (C=O) groups is 1. The predicted octanol–water partition coefficient (Wildman–Crippen LogP) is 2.54. The number of carbonyl (C=O) groups excluding carboxylic acids is 1. The van der Waals surface area contributed by atoms with Crippen LogP contribution in [0.15, 0.2) is 36.7 Å². The van der Waals surface area contributed by atoms with Crippen LogP contribution in [0.1, 0.15) is 24.2 Å². The first-order valence-corrected chi connectivity index (χ1v) is 8.15. The van der Waals surface area contributed by atoms with E-state index in [0.717, 1.165) is 0 Å². The Morgan fingerprint density at radius 3 is 2.84 bits per heavy atom. The molecular formula is C18H21N3O4. The van der Waals surface area contributed by atoms with Crippen molar-refractivity contribution in [2.75, 3.05) is 31.7 Å². The van der Waals surface area contributed by atoms with Crippen molar-refractivity contribution in [1.82, 2.24) is 9.97 Å². The Bertz CT molecular complexity index is 747. The van der Waals surface area contributed by atoms with Gasteiger partial charge in [0.2, 0.25) is 5.88 Å². The number of amides is 1. The fraction of sp³-hybridized carbons (Fsp3) is 0.389. The molecule has 1 aliphatic rings. The van der Waals surface area contributed by atoms with Gasteiger partial charge in [-0.05, 0) is 25.1 Å². The topological polar surface area (TPSA) is 82.6 Å². The van der Waals surface area contributed by atoms with Gasteiger partial charge in [0.1, 0.15) is 17.1 Å². The van der Waals surface area contributed by atoms with E-state index in [0.29, 0.717) is 49.4 Å².